The van der Waals surface area contributed by atoms with E-state index in [9.17, 15) is 8.78 Å². The second-order valence-corrected chi connectivity index (χ2v) is 6.08. The number of fused-ring (bicyclic) bond motifs is 1. The summed E-state index contributed by atoms with van der Waals surface area (Å²) in [6, 6.07) is 5.45. The molecular weight excluding hydrogens is 274 g/mol. The first-order valence-electron chi connectivity index (χ1n) is 5.85. The largest absolute Gasteiger partial charge is 0.207 e. The van der Waals surface area contributed by atoms with Crippen LogP contribution in [0.3, 0.4) is 0 Å². The summed E-state index contributed by atoms with van der Waals surface area (Å²) < 4.78 is 26.8. The quantitative estimate of drug-likeness (QED) is 0.692. The normalized spacial score (nSPS) is 15.7. The molecular formula is C14H11ClF2S. The van der Waals surface area contributed by atoms with Crippen molar-refractivity contribution in [2.45, 2.75) is 24.6 Å². The van der Waals surface area contributed by atoms with Gasteiger partial charge in [-0.15, -0.1) is 22.9 Å². The van der Waals surface area contributed by atoms with Crippen molar-refractivity contribution in [2.75, 3.05) is 0 Å². The Kier molecular flexibility index (Phi) is 3.12. The number of thiophene rings is 1. The summed E-state index contributed by atoms with van der Waals surface area (Å²) in [5, 5.41) is -0.601. The minimum absolute atomic E-state index is 0.219. The van der Waals surface area contributed by atoms with Gasteiger partial charge in [-0.3, -0.25) is 0 Å². The minimum atomic E-state index is -0.601. The van der Waals surface area contributed by atoms with Crippen LogP contribution in [0.5, 0.6) is 0 Å². The van der Waals surface area contributed by atoms with Crippen LogP contribution in [0.25, 0.3) is 0 Å². The molecule has 18 heavy (non-hydrogen) atoms. The molecule has 1 aliphatic rings. The molecule has 0 fully saturated rings. The van der Waals surface area contributed by atoms with Crippen LogP contribution in [0, 0.1) is 11.6 Å². The van der Waals surface area contributed by atoms with Gasteiger partial charge in [-0.2, -0.15) is 0 Å². The van der Waals surface area contributed by atoms with Gasteiger partial charge in [-0.05, 0) is 49.1 Å². The van der Waals surface area contributed by atoms with E-state index in [2.05, 4.69) is 0 Å². The Hall–Kier alpha value is -0.930. The number of aryl methyl sites for hydroxylation is 2. The molecule has 0 N–H and O–H groups in total. The van der Waals surface area contributed by atoms with Gasteiger partial charge in [-0.1, -0.05) is 0 Å². The highest BCUT2D eigenvalue weighted by atomic mass is 35.5. The summed E-state index contributed by atoms with van der Waals surface area (Å²) in [5.74, 6) is -0.911. The summed E-state index contributed by atoms with van der Waals surface area (Å²) in [4.78, 5) is 2.25. The molecule has 0 spiro atoms. The number of hydrogen-bond acceptors (Lipinski definition) is 1. The van der Waals surface area contributed by atoms with Crippen molar-refractivity contribution in [3.05, 3.63) is 56.8 Å². The topological polar surface area (TPSA) is 0 Å². The molecule has 0 bridgehead atoms. The lowest BCUT2D eigenvalue weighted by Gasteiger charge is -2.09. The second kappa shape index (κ2) is 4.63. The number of rotatable bonds is 2. The molecule has 0 radical (unpaired) electrons. The predicted molar refractivity (Wildman–Crippen MR) is 70.4 cm³/mol. The van der Waals surface area contributed by atoms with Crippen molar-refractivity contribution in [2.24, 2.45) is 0 Å². The van der Waals surface area contributed by atoms with Crippen LogP contribution in [0.4, 0.5) is 8.78 Å². The van der Waals surface area contributed by atoms with E-state index in [1.165, 1.54) is 22.9 Å². The maximum atomic E-state index is 13.7. The molecule has 1 aromatic heterocycles. The van der Waals surface area contributed by atoms with Gasteiger partial charge in [-0.25, -0.2) is 8.78 Å². The third kappa shape index (κ3) is 2.06. The van der Waals surface area contributed by atoms with Crippen molar-refractivity contribution < 1.29 is 8.78 Å². The molecule has 0 saturated carbocycles. The lowest BCUT2D eigenvalue weighted by molar-refractivity contribution is 0.587. The molecule has 4 heteroatoms. The number of hydrogen-bond donors (Lipinski definition) is 0. The monoisotopic (exact) mass is 284 g/mol. The zero-order valence-electron chi connectivity index (χ0n) is 9.55. The zero-order chi connectivity index (χ0) is 12.7. The predicted octanol–water partition coefficient (Wildman–Crippen LogP) is 4.84. The average Bonchev–Trinajstić information content (AvgIpc) is 2.91. The smallest absolute Gasteiger partial charge is 0.128 e. The number of halogens is 3. The zero-order valence-corrected chi connectivity index (χ0v) is 11.1. The standard InChI is InChI=1S/C14H11ClF2S/c15-14(10-7-9(16)4-5-11(10)17)13-6-8-2-1-3-12(8)18-13/h4-7,14H,1-3H2. The van der Waals surface area contributed by atoms with Crippen molar-refractivity contribution in [1.29, 1.82) is 0 Å². The molecule has 0 aliphatic heterocycles. The van der Waals surface area contributed by atoms with Crippen LogP contribution < -0.4 is 0 Å². The highest BCUT2D eigenvalue weighted by molar-refractivity contribution is 7.12. The summed E-state index contributed by atoms with van der Waals surface area (Å²) >= 11 is 7.90. The highest BCUT2D eigenvalue weighted by Crippen LogP contribution is 2.39. The fourth-order valence-corrected chi connectivity index (χ4v) is 3.96. The maximum Gasteiger partial charge on any atom is 0.128 e. The fraction of sp³-hybridized carbons (Fsp3) is 0.286. The minimum Gasteiger partial charge on any atom is -0.207 e. The van der Waals surface area contributed by atoms with Crippen molar-refractivity contribution in [3.63, 3.8) is 0 Å². The lowest BCUT2D eigenvalue weighted by Crippen LogP contribution is -1.96. The Bertz CT molecular complexity index is 570. The van der Waals surface area contributed by atoms with Crippen LogP contribution in [0.1, 0.15) is 32.7 Å². The molecule has 2 aromatic rings. The second-order valence-electron chi connectivity index (χ2n) is 4.48. The van der Waals surface area contributed by atoms with Crippen molar-refractivity contribution in [3.8, 4) is 0 Å². The Morgan fingerprint density at radius 1 is 1.17 bits per heavy atom. The van der Waals surface area contributed by atoms with Crippen LogP contribution in [-0.4, -0.2) is 0 Å². The van der Waals surface area contributed by atoms with Gasteiger partial charge >= 0.3 is 0 Å². The molecule has 1 aromatic carbocycles. The first-order valence-corrected chi connectivity index (χ1v) is 7.11. The molecule has 0 amide bonds. The van der Waals surface area contributed by atoms with E-state index in [0.29, 0.717) is 0 Å². The van der Waals surface area contributed by atoms with Crippen LogP contribution >= 0.6 is 22.9 Å². The van der Waals surface area contributed by atoms with Crippen molar-refractivity contribution in [1.82, 2.24) is 0 Å². The van der Waals surface area contributed by atoms with Gasteiger partial charge in [0.15, 0.2) is 0 Å². The van der Waals surface area contributed by atoms with E-state index in [1.54, 1.807) is 11.3 Å². The van der Waals surface area contributed by atoms with E-state index in [0.717, 1.165) is 29.9 Å². The lowest BCUT2D eigenvalue weighted by atomic mass is 10.1. The highest BCUT2D eigenvalue weighted by Gasteiger charge is 2.22. The van der Waals surface area contributed by atoms with Crippen LogP contribution in [0.15, 0.2) is 24.3 Å². The molecule has 3 rings (SSSR count). The molecule has 1 aliphatic carbocycles. The fourth-order valence-electron chi connectivity index (χ4n) is 2.34. The molecule has 1 heterocycles. The third-order valence-electron chi connectivity index (χ3n) is 3.25. The van der Waals surface area contributed by atoms with E-state index in [4.69, 9.17) is 11.6 Å². The summed E-state index contributed by atoms with van der Waals surface area (Å²) in [6.45, 7) is 0. The summed E-state index contributed by atoms with van der Waals surface area (Å²) in [5.41, 5.74) is 1.54. The summed E-state index contributed by atoms with van der Waals surface area (Å²) in [7, 11) is 0. The number of benzene rings is 1. The maximum absolute atomic E-state index is 13.7. The molecule has 1 unspecified atom stereocenters. The van der Waals surface area contributed by atoms with Gasteiger partial charge in [0.2, 0.25) is 0 Å². The SMILES string of the molecule is Fc1ccc(F)c(C(Cl)c2cc3c(s2)CCC3)c1. The van der Waals surface area contributed by atoms with Crippen LogP contribution in [0.2, 0.25) is 0 Å². The van der Waals surface area contributed by atoms with E-state index < -0.39 is 17.0 Å². The number of alkyl halides is 1. The van der Waals surface area contributed by atoms with Crippen molar-refractivity contribution >= 4 is 22.9 Å². The van der Waals surface area contributed by atoms with Gasteiger partial charge in [0.05, 0.1) is 5.38 Å². The molecule has 0 nitrogen and oxygen atoms in total. The molecule has 0 saturated heterocycles. The van der Waals surface area contributed by atoms with E-state index in [1.807, 2.05) is 6.07 Å². The summed E-state index contributed by atoms with van der Waals surface area (Å²) in [6.07, 6.45) is 3.33. The Morgan fingerprint density at radius 3 is 2.78 bits per heavy atom. The van der Waals surface area contributed by atoms with Gasteiger partial charge in [0, 0.05) is 15.3 Å². The van der Waals surface area contributed by atoms with Gasteiger partial charge < -0.3 is 0 Å². The Balaban J connectivity index is 1.98. The third-order valence-corrected chi connectivity index (χ3v) is 5.15. The van der Waals surface area contributed by atoms with E-state index >= 15 is 0 Å². The van der Waals surface area contributed by atoms with E-state index in [-0.39, 0.29) is 5.56 Å². The Morgan fingerprint density at radius 2 is 2.00 bits per heavy atom. The molecule has 94 valence electrons. The molecule has 1 atom stereocenters. The Labute approximate surface area is 113 Å². The average molecular weight is 285 g/mol. The van der Waals surface area contributed by atoms with Crippen LogP contribution in [-0.2, 0) is 12.8 Å². The first-order chi connectivity index (χ1) is 8.65. The van der Waals surface area contributed by atoms with Gasteiger partial charge in [0.1, 0.15) is 11.6 Å². The van der Waals surface area contributed by atoms with Gasteiger partial charge in [0.25, 0.3) is 0 Å². The first kappa shape index (κ1) is 12.1.